The Morgan fingerprint density at radius 3 is 1.77 bits per heavy atom. The quantitative estimate of drug-likeness (QED) is 0.736. The third-order valence-electron chi connectivity index (χ3n) is 4.80. The van der Waals surface area contributed by atoms with Crippen LogP contribution in [0.4, 0.5) is 0 Å². The number of aromatic amines is 2. The topological polar surface area (TPSA) is 84.2 Å². The van der Waals surface area contributed by atoms with Crippen molar-refractivity contribution in [3.8, 4) is 0 Å². The molecule has 0 saturated carbocycles. The van der Waals surface area contributed by atoms with E-state index in [1.165, 1.54) is 0 Å². The maximum atomic E-state index is 12.2. The zero-order chi connectivity index (χ0) is 19.4. The number of carbonyl (C=O) groups excluding carboxylic acids is 2. The summed E-state index contributed by atoms with van der Waals surface area (Å²) in [6.07, 6.45) is 1.38. The number of hydrogen-bond donors (Lipinski definition) is 2. The van der Waals surface area contributed by atoms with Crippen molar-refractivity contribution < 1.29 is 19.1 Å². The zero-order valence-electron chi connectivity index (χ0n) is 16.5. The number of aromatic nitrogens is 2. The molecule has 2 rings (SSSR count). The molecule has 0 aliphatic rings. The first-order chi connectivity index (χ1) is 12.3. The minimum Gasteiger partial charge on any atom is -0.461 e. The van der Waals surface area contributed by atoms with Crippen molar-refractivity contribution >= 4 is 11.9 Å². The van der Waals surface area contributed by atoms with Crippen LogP contribution in [0.5, 0.6) is 0 Å². The van der Waals surface area contributed by atoms with Gasteiger partial charge in [-0.05, 0) is 63.3 Å². The lowest BCUT2D eigenvalue weighted by atomic mass is 10.0. The van der Waals surface area contributed by atoms with Crippen LogP contribution in [0.25, 0.3) is 0 Å². The Morgan fingerprint density at radius 1 is 0.769 bits per heavy atom. The maximum absolute atomic E-state index is 12.2. The predicted molar refractivity (Wildman–Crippen MR) is 99.9 cm³/mol. The molecule has 0 saturated heterocycles. The van der Waals surface area contributed by atoms with Crippen molar-refractivity contribution in [2.24, 2.45) is 0 Å². The molecule has 6 nitrogen and oxygen atoms in total. The SMILES string of the molecule is CCOC(=O)c1[nH]c(Cc2[nH]c(C(=O)OCC)c(C)c2CC)c(C)c1C. The van der Waals surface area contributed by atoms with Crippen molar-refractivity contribution in [3.05, 3.63) is 45.0 Å². The van der Waals surface area contributed by atoms with E-state index in [0.717, 1.165) is 40.1 Å². The van der Waals surface area contributed by atoms with E-state index in [-0.39, 0.29) is 11.9 Å². The summed E-state index contributed by atoms with van der Waals surface area (Å²) in [5, 5.41) is 0. The summed E-state index contributed by atoms with van der Waals surface area (Å²) in [5.74, 6) is -0.678. The van der Waals surface area contributed by atoms with Gasteiger partial charge in [0.1, 0.15) is 11.4 Å². The van der Waals surface area contributed by atoms with Gasteiger partial charge in [0, 0.05) is 17.8 Å². The lowest BCUT2D eigenvalue weighted by molar-refractivity contribution is 0.0510. The molecule has 6 heteroatoms. The van der Waals surface area contributed by atoms with Gasteiger partial charge >= 0.3 is 11.9 Å². The Morgan fingerprint density at radius 2 is 1.27 bits per heavy atom. The molecule has 2 aromatic rings. The minimum absolute atomic E-state index is 0.336. The van der Waals surface area contributed by atoms with Gasteiger partial charge in [-0.2, -0.15) is 0 Å². The number of hydrogen-bond acceptors (Lipinski definition) is 4. The van der Waals surface area contributed by atoms with E-state index in [2.05, 4.69) is 16.9 Å². The Labute approximate surface area is 154 Å². The van der Waals surface area contributed by atoms with E-state index in [1.54, 1.807) is 13.8 Å². The lowest BCUT2D eigenvalue weighted by Gasteiger charge is -2.03. The number of ether oxygens (including phenoxy) is 2. The Kier molecular flexibility index (Phi) is 6.29. The molecule has 0 aromatic carbocycles. The minimum atomic E-state index is -0.343. The second-order valence-electron chi connectivity index (χ2n) is 6.28. The van der Waals surface area contributed by atoms with E-state index < -0.39 is 0 Å². The summed E-state index contributed by atoms with van der Waals surface area (Å²) in [4.78, 5) is 30.7. The van der Waals surface area contributed by atoms with Gasteiger partial charge in [-0.15, -0.1) is 0 Å². The Bertz CT molecular complexity index is 814. The van der Waals surface area contributed by atoms with Gasteiger partial charge in [0.15, 0.2) is 0 Å². The van der Waals surface area contributed by atoms with E-state index in [0.29, 0.717) is 31.0 Å². The number of nitrogens with one attached hydrogen (secondary N) is 2. The van der Waals surface area contributed by atoms with E-state index >= 15 is 0 Å². The second-order valence-corrected chi connectivity index (χ2v) is 6.28. The Hall–Kier alpha value is -2.50. The summed E-state index contributed by atoms with van der Waals surface area (Å²) >= 11 is 0. The molecule has 0 bridgehead atoms. The van der Waals surface area contributed by atoms with Gasteiger partial charge in [0.2, 0.25) is 0 Å². The summed E-state index contributed by atoms with van der Waals surface area (Å²) in [6, 6.07) is 0. The van der Waals surface area contributed by atoms with Crippen molar-refractivity contribution in [1.29, 1.82) is 0 Å². The third-order valence-corrected chi connectivity index (χ3v) is 4.80. The number of rotatable bonds is 7. The molecule has 0 aliphatic heterocycles. The molecule has 0 aliphatic carbocycles. The fourth-order valence-corrected chi connectivity index (χ4v) is 3.25. The summed E-state index contributed by atoms with van der Waals surface area (Å²) < 4.78 is 10.3. The van der Waals surface area contributed by atoms with Crippen LogP contribution in [0.3, 0.4) is 0 Å². The molecule has 0 radical (unpaired) electrons. The first kappa shape index (κ1) is 19.8. The molecule has 26 heavy (non-hydrogen) atoms. The van der Waals surface area contributed by atoms with Gasteiger partial charge < -0.3 is 19.4 Å². The molecule has 0 spiro atoms. The molecule has 142 valence electrons. The highest BCUT2D eigenvalue weighted by molar-refractivity contribution is 5.90. The normalized spacial score (nSPS) is 10.8. The van der Waals surface area contributed by atoms with E-state index in [9.17, 15) is 9.59 Å². The standard InChI is InChI=1S/C20H28N2O4/c1-7-14-13(6)18(20(24)26-9-3)22-16(14)10-15-11(4)12(5)17(21-15)19(23)25-8-2/h21-22H,7-10H2,1-6H3. The van der Waals surface area contributed by atoms with Crippen LogP contribution in [0.2, 0.25) is 0 Å². The van der Waals surface area contributed by atoms with Gasteiger partial charge in [-0.25, -0.2) is 9.59 Å². The van der Waals surface area contributed by atoms with Crippen molar-refractivity contribution in [2.45, 2.75) is 54.4 Å². The Balaban J connectivity index is 2.40. The highest BCUT2D eigenvalue weighted by Crippen LogP contribution is 2.25. The monoisotopic (exact) mass is 360 g/mol. The fourth-order valence-electron chi connectivity index (χ4n) is 3.25. The highest BCUT2D eigenvalue weighted by atomic mass is 16.5. The molecular formula is C20H28N2O4. The van der Waals surface area contributed by atoms with Crippen molar-refractivity contribution in [3.63, 3.8) is 0 Å². The van der Waals surface area contributed by atoms with E-state index in [4.69, 9.17) is 9.47 Å². The van der Waals surface area contributed by atoms with Crippen LogP contribution in [0, 0.1) is 20.8 Å². The molecular weight excluding hydrogens is 332 g/mol. The van der Waals surface area contributed by atoms with Crippen LogP contribution in [-0.2, 0) is 22.3 Å². The number of H-pyrrole nitrogens is 2. The fraction of sp³-hybridized carbons (Fsp3) is 0.500. The predicted octanol–water partition coefficient (Wildman–Crippen LogP) is 3.77. The zero-order valence-corrected chi connectivity index (χ0v) is 16.5. The number of carbonyl (C=O) groups is 2. The first-order valence-corrected chi connectivity index (χ1v) is 9.08. The average Bonchev–Trinajstić information content (AvgIpc) is 3.06. The molecule has 2 heterocycles. The molecule has 2 aromatic heterocycles. The summed E-state index contributed by atoms with van der Waals surface area (Å²) in [6.45, 7) is 12.1. The summed E-state index contributed by atoms with van der Waals surface area (Å²) in [5.41, 5.74) is 6.86. The van der Waals surface area contributed by atoms with Crippen LogP contribution in [0.1, 0.15) is 75.4 Å². The molecule has 0 atom stereocenters. The third kappa shape index (κ3) is 3.69. The average molecular weight is 360 g/mol. The highest BCUT2D eigenvalue weighted by Gasteiger charge is 2.22. The molecule has 0 amide bonds. The lowest BCUT2D eigenvalue weighted by Crippen LogP contribution is -2.07. The summed E-state index contributed by atoms with van der Waals surface area (Å²) in [7, 11) is 0. The molecule has 0 fully saturated rings. The smallest absolute Gasteiger partial charge is 0.355 e. The van der Waals surface area contributed by atoms with Crippen LogP contribution < -0.4 is 0 Å². The van der Waals surface area contributed by atoms with Gasteiger partial charge in [-0.3, -0.25) is 0 Å². The van der Waals surface area contributed by atoms with Crippen LogP contribution in [-0.4, -0.2) is 35.1 Å². The second kappa shape index (κ2) is 8.25. The van der Waals surface area contributed by atoms with Crippen LogP contribution in [0.15, 0.2) is 0 Å². The van der Waals surface area contributed by atoms with Gasteiger partial charge in [0.05, 0.1) is 13.2 Å². The van der Waals surface area contributed by atoms with Gasteiger partial charge in [-0.1, -0.05) is 6.92 Å². The molecule has 0 unspecified atom stereocenters. The number of esters is 2. The van der Waals surface area contributed by atoms with E-state index in [1.807, 2.05) is 20.8 Å². The first-order valence-electron chi connectivity index (χ1n) is 9.08. The van der Waals surface area contributed by atoms with Crippen molar-refractivity contribution in [2.75, 3.05) is 13.2 Å². The van der Waals surface area contributed by atoms with Gasteiger partial charge in [0.25, 0.3) is 0 Å². The van der Waals surface area contributed by atoms with Crippen LogP contribution >= 0.6 is 0 Å². The largest absolute Gasteiger partial charge is 0.461 e. The maximum Gasteiger partial charge on any atom is 0.355 e. The molecule has 2 N–H and O–H groups in total. The van der Waals surface area contributed by atoms with Crippen molar-refractivity contribution in [1.82, 2.24) is 9.97 Å².